The molecule has 2 N–H and O–H groups in total. The number of pyridine rings is 1. The van der Waals surface area contributed by atoms with Gasteiger partial charge in [0.1, 0.15) is 41.4 Å². The van der Waals surface area contributed by atoms with Gasteiger partial charge in [0.25, 0.3) is 0 Å². The first-order valence-electron chi connectivity index (χ1n) is 14.8. The average molecular weight is 606 g/mol. The number of anilines is 1. The van der Waals surface area contributed by atoms with Crippen molar-refractivity contribution in [1.29, 1.82) is 0 Å². The van der Waals surface area contributed by atoms with Crippen molar-refractivity contribution < 1.29 is 28.1 Å². The van der Waals surface area contributed by atoms with Crippen molar-refractivity contribution in [1.82, 2.24) is 19.9 Å². The van der Waals surface area contributed by atoms with E-state index in [1.165, 1.54) is 37.4 Å². The van der Waals surface area contributed by atoms with E-state index in [0.717, 1.165) is 19.4 Å². The largest absolute Gasteiger partial charge is 0.508 e. The number of piperidine rings is 1. The number of ether oxygens (including phenoxy) is 1. The quantitative estimate of drug-likeness (QED) is 0.272. The Balaban J connectivity index is 1.49. The van der Waals surface area contributed by atoms with Crippen molar-refractivity contribution in [2.24, 2.45) is 0 Å². The molecule has 0 radical (unpaired) electrons. The number of phenols is 1. The summed E-state index contributed by atoms with van der Waals surface area (Å²) < 4.78 is 51.2. The number of aromatic hydroxyl groups is 1. The Morgan fingerprint density at radius 3 is 2.77 bits per heavy atom. The van der Waals surface area contributed by atoms with E-state index in [1.807, 2.05) is 9.80 Å². The Morgan fingerprint density at radius 1 is 1.20 bits per heavy atom. The highest BCUT2D eigenvalue weighted by atomic mass is 19.1. The molecule has 4 heterocycles. The number of likely N-dealkylation sites (tertiary alicyclic amines) is 1. The van der Waals surface area contributed by atoms with E-state index in [9.17, 15) is 19.0 Å². The first-order chi connectivity index (χ1) is 21.0. The zero-order valence-corrected chi connectivity index (χ0v) is 24.7. The maximum absolute atomic E-state index is 16.6. The Labute approximate surface area is 253 Å². The van der Waals surface area contributed by atoms with Gasteiger partial charge in [0.05, 0.1) is 16.6 Å². The van der Waals surface area contributed by atoms with E-state index in [4.69, 9.17) is 11.2 Å². The minimum atomic E-state index is -0.983. The van der Waals surface area contributed by atoms with Crippen LogP contribution in [0.25, 0.3) is 32.9 Å². The number of fused-ring (bicyclic) bond motifs is 2. The highest BCUT2D eigenvalue weighted by Gasteiger charge is 2.32. The molecule has 2 saturated heterocycles. The first kappa shape index (κ1) is 29.9. The molecule has 2 aromatic heterocycles. The van der Waals surface area contributed by atoms with E-state index in [-0.39, 0.29) is 58.7 Å². The molecule has 44 heavy (non-hydrogen) atoms. The Bertz CT molecular complexity index is 1770. The van der Waals surface area contributed by atoms with Crippen LogP contribution in [0.4, 0.5) is 19.0 Å². The molecule has 0 unspecified atom stereocenters. The molecule has 0 spiro atoms. The minimum absolute atomic E-state index is 0.0414. The Hall–Kier alpha value is -4.14. The third-order valence-electron chi connectivity index (χ3n) is 8.46. The summed E-state index contributed by atoms with van der Waals surface area (Å²) in [5.74, 6) is 1.05. The maximum Gasteiger partial charge on any atom is 0.319 e. The van der Waals surface area contributed by atoms with Crippen molar-refractivity contribution in [3.05, 3.63) is 47.7 Å². The van der Waals surface area contributed by atoms with Crippen LogP contribution in [-0.4, -0.2) is 80.7 Å². The highest BCUT2D eigenvalue weighted by Crippen LogP contribution is 2.39. The predicted octanol–water partition coefficient (Wildman–Crippen LogP) is 5.36. The number of terminal acetylenes is 1. The van der Waals surface area contributed by atoms with Gasteiger partial charge in [-0.25, -0.2) is 13.2 Å². The summed E-state index contributed by atoms with van der Waals surface area (Å²) >= 11 is 0. The van der Waals surface area contributed by atoms with E-state index in [0.29, 0.717) is 42.5 Å². The normalized spacial score (nSPS) is 21.6. The lowest BCUT2D eigenvalue weighted by Crippen LogP contribution is -2.46. The molecule has 3 atom stereocenters. The summed E-state index contributed by atoms with van der Waals surface area (Å²) in [7, 11) is 0. The zero-order valence-electron chi connectivity index (χ0n) is 24.7. The van der Waals surface area contributed by atoms with Gasteiger partial charge in [-0.15, -0.1) is 6.42 Å². The summed E-state index contributed by atoms with van der Waals surface area (Å²) in [5.41, 5.74) is -1.22. The molecule has 0 saturated carbocycles. The number of rotatable bonds is 7. The second-order valence-electron chi connectivity index (χ2n) is 12.1. The van der Waals surface area contributed by atoms with Crippen molar-refractivity contribution in [3.63, 3.8) is 0 Å². The second kappa shape index (κ2) is 11.7. The number of phenolic OH excluding ortho intramolecular Hbond substituents is 1. The number of β-amino-alcohol motifs (C(OH)–C–C–N with tert-alkyl or cyclic N) is 1. The lowest BCUT2D eigenvalue weighted by atomic mass is 9.94. The summed E-state index contributed by atoms with van der Waals surface area (Å²) in [6.45, 7) is 5.34. The molecule has 4 aromatic rings. The van der Waals surface area contributed by atoms with Gasteiger partial charge in [0, 0.05) is 42.8 Å². The molecule has 0 amide bonds. The fourth-order valence-electron chi connectivity index (χ4n) is 6.49. The molecule has 0 aliphatic carbocycles. The molecule has 2 aliphatic rings. The summed E-state index contributed by atoms with van der Waals surface area (Å²) in [6.07, 6.45) is 9.12. The number of nitrogens with zero attached hydrogens (tertiary/aromatic N) is 5. The van der Waals surface area contributed by atoms with Crippen LogP contribution in [-0.2, 0) is 0 Å². The topological polar surface area (TPSA) is 94.8 Å². The van der Waals surface area contributed by atoms with Gasteiger partial charge < -0.3 is 19.8 Å². The molecule has 230 valence electrons. The lowest BCUT2D eigenvalue weighted by molar-refractivity contribution is 0.0447. The molecule has 0 bridgehead atoms. The van der Waals surface area contributed by atoms with Crippen LogP contribution >= 0.6 is 0 Å². The summed E-state index contributed by atoms with van der Waals surface area (Å²) in [5, 5.41) is 22.3. The van der Waals surface area contributed by atoms with Crippen LogP contribution < -0.4 is 9.64 Å². The average Bonchev–Trinajstić information content (AvgIpc) is 3.41. The summed E-state index contributed by atoms with van der Waals surface area (Å²) in [6, 6.07) is 5.26. The Kier molecular flexibility index (Phi) is 7.99. The third-order valence-corrected chi connectivity index (χ3v) is 8.46. The fraction of sp³-hybridized carbons (Fsp3) is 0.424. The van der Waals surface area contributed by atoms with Crippen molar-refractivity contribution >= 4 is 27.5 Å². The molecular weight excluding hydrogens is 571 g/mol. The number of aliphatic hydroxyl groups is 1. The van der Waals surface area contributed by atoms with Gasteiger partial charge in [-0.1, -0.05) is 12.0 Å². The zero-order chi connectivity index (χ0) is 31.2. The van der Waals surface area contributed by atoms with Crippen LogP contribution in [0.1, 0.15) is 45.1 Å². The number of aromatic nitrogens is 3. The number of hydrogen-bond donors (Lipinski definition) is 2. The standard InChI is InChI=1S/C33H34F3N5O3/c1-4-23-26(35)9-8-20-13-22(42)14-24(27(20)23)29-28(36)30-25(15-37-29)31(41-12-6-10-33(3,43)18-41)39-32(38-30)44-17-21-7-5-11-40(21)16-19(2)34/h1,8-9,13-15,19,21,42-43H,5-7,10-12,16-18H2,2-3H3/t19-,21-,33-/m1/s1. The Morgan fingerprint density at radius 2 is 2.02 bits per heavy atom. The molecule has 11 heteroatoms. The molecule has 6 rings (SSSR count). The van der Waals surface area contributed by atoms with Gasteiger partial charge in [0.15, 0.2) is 5.82 Å². The number of halogens is 3. The van der Waals surface area contributed by atoms with Gasteiger partial charge in [-0.2, -0.15) is 9.97 Å². The first-order valence-corrected chi connectivity index (χ1v) is 14.8. The smallest absolute Gasteiger partial charge is 0.319 e. The van der Waals surface area contributed by atoms with Crippen LogP contribution in [0.2, 0.25) is 0 Å². The van der Waals surface area contributed by atoms with Gasteiger partial charge >= 0.3 is 6.01 Å². The molecule has 2 fully saturated rings. The number of benzene rings is 2. The van der Waals surface area contributed by atoms with Crippen LogP contribution in [0.15, 0.2) is 30.5 Å². The monoisotopic (exact) mass is 605 g/mol. The molecule has 8 nitrogen and oxygen atoms in total. The van der Waals surface area contributed by atoms with Crippen LogP contribution in [0.3, 0.4) is 0 Å². The van der Waals surface area contributed by atoms with E-state index in [2.05, 4.69) is 20.9 Å². The van der Waals surface area contributed by atoms with E-state index >= 15 is 4.39 Å². The van der Waals surface area contributed by atoms with Gasteiger partial charge in [0.2, 0.25) is 0 Å². The minimum Gasteiger partial charge on any atom is -0.508 e. The van der Waals surface area contributed by atoms with Crippen molar-refractivity contribution in [2.75, 3.05) is 37.7 Å². The van der Waals surface area contributed by atoms with Crippen molar-refractivity contribution in [3.8, 4) is 35.4 Å². The van der Waals surface area contributed by atoms with E-state index in [1.54, 1.807) is 6.92 Å². The predicted molar refractivity (Wildman–Crippen MR) is 163 cm³/mol. The van der Waals surface area contributed by atoms with Gasteiger partial charge in [-0.3, -0.25) is 9.88 Å². The highest BCUT2D eigenvalue weighted by molar-refractivity contribution is 6.03. The van der Waals surface area contributed by atoms with E-state index < -0.39 is 23.4 Å². The maximum atomic E-state index is 16.6. The SMILES string of the molecule is C#Cc1c(F)ccc2cc(O)cc(-c3ncc4c(N5CCC[C@@](C)(O)C5)nc(OC[C@H]5CCCN5C[C@@H](C)F)nc4c3F)c12. The van der Waals surface area contributed by atoms with Gasteiger partial charge in [-0.05, 0) is 69.7 Å². The number of hydrogen-bond acceptors (Lipinski definition) is 8. The molecular formula is C33H34F3N5O3. The summed E-state index contributed by atoms with van der Waals surface area (Å²) in [4.78, 5) is 17.4. The molecule has 2 aliphatic heterocycles. The lowest BCUT2D eigenvalue weighted by Gasteiger charge is -2.37. The fourth-order valence-corrected chi connectivity index (χ4v) is 6.49. The van der Waals surface area contributed by atoms with Crippen LogP contribution in [0.5, 0.6) is 11.8 Å². The number of alkyl halides is 1. The third kappa shape index (κ3) is 5.72. The molecule has 2 aromatic carbocycles. The second-order valence-corrected chi connectivity index (χ2v) is 12.1. The van der Waals surface area contributed by atoms with Crippen molar-refractivity contribution in [2.45, 2.75) is 57.3 Å². The van der Waals surface area contributed by atoms with Crippen LogP contribution in [0, 0.1) is 24.0 Å².